The molecule has 1 spiro atoms. The van der Waals surface area contributed by atoms with E-state index in [4.69, 9.17) is 24.0 Å². The summed E-state index contributed by atoms with van der Waals surface area (Å²) < 4.78 is 56.2. The van der Waals surface area contributed by atoms with Gasteiger partial charge in [-0.2, -0.15) is 13.2 Å². The van der Waals surface area contributed by atoms with E-state index < -0.39 is 47.8 Å². The monoisotopic (exact) mass is 498 g/mol. The van der Waals surface area contributed by atoms with Gasteiger partial charge in [-0.3, -0.25) is 0 Å². The van der Waals surface area contributed by atoms with Crippen LogP contribution in [0, 0.1) is 23.7 Å². The topological polar surface area (TPSA) is 83.5 Å². The zero-order valence-corrected chi connectivity index (χ0v) is 19.7. The van der Waals surface area contributed by atoms with E-state index in [1.54, 1.807) is 6.92 Å². The van der Waals surface area contributed by atoms with Gasteiger partial charge in [-0.1, -0.05) is 26.0 Å². The van der Waals surface area contributed by atoms with Crippen molar-refractivity contribution in [1.82, 2.24) is 0 Å². The molecule has 4 aliphatic heterocycles. The summed E-state index contributed by atoms with van der Waals surface area (Å²) in [4.78, 5) is 24.3. The lowest BCUT2D eigenvalue weighted by Gasteiger charge is -2.60. The SMILES string of the molecule is C[C@@H]1[C@H](O)C[C@H]2[C@@H](C)[C@H](OC(=O)/C=C/c3ccc(C(F)(F)F)cc3)O[C@@H]3O[C@@]4(C)CC[C@@H]1[C@]32OO4. The van der Waals surface area contributed by atoms with Crippen LogP contribution in [0.1, 0.15) is 51.2 Å². The molecule has 5 fully saturated rings. The van der Waals surface area contributed by atoms with E-state index in [1.165, 1.54) is 18.2 Å². The Morgan fingerprint density at radius 2 is 1.86 bits per heavy atom. The highest BCUT2D eigenvalue weighted by molar-refractivity contribution is 5.87. The Morgan fingerprint density at radius 3 is 2.54 bits per heavy atom. The van der Waals surface area contributed by atoms with Crippen LogP contribution >= 0.6 is 0 Å². The first-order valence-electron chi connectivity index (χ1n) is 11.9. The number of carbonyl (C=O) groups is 1. The fraction of sp³-hybridized carbons (Fsp3) is 0.640. The van der Waals surface area contributed by atoms with E-state index in [1.807, 2.05) is 13.8 Å². The number of benzene rings is 1. The molecular weight excluding hydrogens is 469 g/mol. The highest BCUT2D eigenvalue weighted by atomic mass is 19.4. The zero-order valence-electron chi connectivity index (χ0n) is 19.7. The van der Waals surface area contributed by atoms with Crippen molar-refractivity contribution >= 4 is 12.0 Å². The first-order chi connectivity index (χ1) is 16.4. The molecule has 1 saturated carbocycles. The minimum absolute atomic E-state index is 0.0528. The minimum atomic E-state index is -4.43. The summed E-state index contributed by atoms with van der Waals surface area (Å²) in [5, 5.41) is 10.8. The average molecular weight is 498 g/mol. The van der Waals surface area contributed by atoms with Crippen molar-refractivity contribution < 1.29 is 47.1 Å². The van der Waals surface area contributed by atoms with Crippen molar-refractivity contribution in [3.8, 4) is 0 Å². The van der Waals surface area contributed by atoms with Crippen LogP contribution in [-0.4, -0.2) is 41.1 Å². The maximum absolute atomic E-state index is 12.7. The number of fused-ring (bicyclic) bond motifs is 2. The first kappa shape index (κ1) is 24.7. The van der Waals surface area contributed by atoms with Crippen LogP contribution in [0.3, 0.4) is 0 Å². The van der Waals surface area contributed by atoms with Crippen LogP contribution in [-0.2, 0) is 35.0 Å². The van der Waals surface area contributed by atoms with Crippen molar-refractivity contribution in [1.29, 1.82) is 0 Å². The van der Waals surface area contributed by atoms with Gasteiger partial charge in [-0.25, -0.2) is 14.6 Å². The predicted molar refractivity (Wildman–Crippen MR) is 115 cm³/mol. The molecule has 35 heavy (non-hydrogen) atoms. The lowest BCUT2D eigenvalue weighted by molar-refractivity contribution is -0.577. The second kappa shape index (κ2) is 8.55. The molecule has 1 N–H and O–H groups in total. The van der Waals surface area contributed by atoms with Gasteiger partial charge in [0.2, 0.25) is 12.1 Å². The number of esters is 1. The molecule has 1 aromatic rings. The molecular formula is C25H29F3O7. The van der Waals surface area contributed by atoms with Crippen molar-refractivity contribution in [3.05, 3.63) is 41.5 Å². The van der Waals surface area contributed by atoms with Gasteiger partial charge in [0.25, 0.3) is 0 Å². The molecule has 7 nitrogen and oxygen atoms in total. The van der Waals surface area contributed by atoms with Gasteiger partial charge in [-0.05, 0) is 49.5 Å². The average Bonchev–Trinajstić information content (AvgIpc) is 3.03. The molecule has 4 heterocycles. The molecule has 0 radical (unpaired) electrons. The van der Waals surface area contributed by atoms with E-state index in [0.29, 0.717) is 18.4 Å². The van der Waals surface area contributed by atoms with E-state index in [9.17, 15) is 23.1 Å². The first-order valence-corrected chi connectivity index (χ1v) is 11.9. The number of hydrogen-bond donors (Lipinski definition) is 1. The molecule has 6 rings (SSSR count). The third kappa shape index (κ3) is 4.19. The lowest BCUT2D eigenvalue weighted by atomic mass is 9.57. The number of halogens is 3. The summed E-state index contributed by atoms with van der Waals surface area (Å²) in [5.41, 5.74) is -1.27. The number of hydrogen-bond acceptors (Lipinski definition) is 7. The number of aliphatic hydroxyl groups excluding tert-OH is 1. The Labute approximate surface area is 201 Å². The van der Waals surface area contributed by atoms with E-state index in [-0.39, 0.29) is 23.7 Å². The Bertz CT molecular complexity index is 992. The fourth-order valence-corrected chi connectivity index (χ4v) is 6.06. The number of ether oxygens (including phenoxy) is 3. The van der Waals surface area contributed by atoms with Gasteiger partial charge in [0.05, 0.1) is 11.7 Å². The fourth-order valence-electron chi connectivity index (χ4n) is 6.06. The number of aliphatic hydroxyl groups is 1. The quantitative estimate of drug-likeness (QED) is 0.375. The van der Waals surface area contributed by atoms with Crippen molar-refractivity contribution in [3.63, 3.8) is 0 Å². The van der Waals surface area contributed by atoms with Gasteiger partial charge in [0.1, 0.15) is 0 Å². The highest BCUT2D eigenvalue weighted by Crippen LogP contribution is 2.60. The van der Waals surface area contributed by atoms with Gasteiger partial charge in [-0.15, -0.1) is 0 Å². The summed E-state index contributed by atoms with van der Waals surface area (Å²) in [5.74, 6) is -2.43. The summed E-state index contributed by atoms with van der Waals surface area (Å²) in [6, 6.07) is 4.44. The van der Waals surface area contributed by atoms with Crippen LogP contribution in [0.15, 0.2) is 30.3 Å². The predicted octanol–water partition coefficient (Wildman–Crippen LogP) is 4.44. The highest BCUT2D eigenvalue weighted by Gasteiger charge is 2.71. The normalized spacial score (nSPS) is 43.0. The van der Waals surface area contributed by atoms with Crippen molar-refractivity contribution in [2.75, 3.05) is 0 Å². The summed E-state index contributed by atoms with van der Waals surface area (Å²) in [6.07, 6.45) is -2.56. The molecule has 4 saturated heterocycles. The molecule has 10 heteroatoms. The maximum Gasteiger partial charge on any atom is 0.416 e. The van der Waals surface area contributed by atoms with Crippen LogP contribution in [0.2, 0.25) is 0 Å². The number of rotatable bonds is 3. The molecule has 192 valence electrons. The number of carbonyl (C=O) groups excluding carboxylic acids is 1. The Kier molecular flexibility index (Phi) is 6.04. The van der Waals surface area contributed by atoms with Crippen LogP contribution in [0.5, 0.6) is 0 Å². The molecule has 5 aliphatic rings. The third-order valence-electron chi connectivity index (χ3n) is 8.10. The minimum Gasteiger partial charge on any atom is -0.432 e. The second-order valence-corrected chi connectivity index (χ2v) is 10.3. The van der Waals surface area contributed by atoms with E-state index in [0.717, 1.165) is 24.6 Å². The molecule has 9 atom stereocenters. The smallest absolute Gasteiger partial charge is 0.416 e. The molecule has 0 unspecified atom stereocenters. The Morgan fingerprint density at radius 1 is 1.14 bits per heavy atom. The summed E-state index contributed by atoms with van der Waals surface area (Å²) in [7, 11) is 0. The summed E-state index contributed by atoms with van der Waals surface area (Å²) in [6.45, 7) is 5.63. The van der Waals surface area contributed by atoms with Crippen molar-refractivity contribution in [2.24, 2.45) is 23.7 Å². The largest absolute Gasteiger partial charge is 0.432 e. The number of alkyl halides is 3. The Hall–Kier alpha value is -1.98. The van der Waals surface area contributed by atoms with Gasteiger partial charge < -0.3 is 19.3 Å². The lowest BCUT2D eigenvalue weighted by Crippen LogP contribution is -2.72. The van der Waals surface area contributed by atoms with Crippen LogP contribution < -0.4 is 0 Å². The van der Waals surface area contributed by atoms with Crippen LogP contribution in [0.25, 0.3) is 6.08 Å². The Balaban J connectivity index is 1.33. The third-order valence-corrected chi connectivity index (χ3v) is 8.10. The summed E-state index contributed by atoms with van der Waals surface area (Å²) >= 11 is 0. The standard InChI is InChI=1S/C25H29F3O7/c1-13-17-10-11-23(3)33-22-24(17,35-34-23)18(12-19(13)29)14(2)21(32-22)31-20(30)9-6-15-4-7-16(8-5-15)25(26,27)28/h4-9,13-14,17-19,21-22,29H,10-12H2,1-3H3/b9-6+/t13-,14+,17-,18-,19+,21+,22+,23+,24+/m0/s1. The molecule has 2 bridgehead atoms. The van der Waals surface area contributed by atoms with E-state index in [2.05, 4.69) is 0 Å². The maximum atomic E-state index is 12.7. The van der Waals surface area contributed by atoms with Gasteiger partial charge in [0, 0.05) is 30.3 Å². The second-order valence-electron chi connectivity index (χ2n) is 10.3. The zero-order chi connectivity index (χ0) is 25.2. The van der Waals surface area contributed by atoms with Gasteiger partial charge in [0.15, 0.2) is 11.9 Å². The molecule has 1 aliphatic carbocycles. The molecule has 0 aromatic heterocycles. The van der Waals surface area contributed by atoms with Crippen molar-refractivity contribution in [2.45, 2.75) is 76.3 Å². The molecule has 0 amide bonds. The molecule has 1 aromatic carbocycles. The van der Waals surface area contributed by atoms with Crippen LogP contribution in [0.4, 0.5) is 13.2 Å². The van der Waals surface area contributed by atoms with E-state index >= 15 is 0 Å². The van der Waals surface area contributed by atoms with Gasteiger partial charge >= 0.3 is 12.1 Å².